The predicted octanol–water partition coefficient (Wildman–Crippen LogP) is 3.63. The fourth-order valence-corrected chi connectivity index (χ4v) is 1.91. The molecule has 1 N–H and O–H groups in total. The van der Waals surface area contributed by atoms with Gasteiger partial charge in [-0.15, -0.1) is 0 Å². The molecule has 0 amide bonds. The molecule has 0 fully saturated rings. The van der Waals surface area contributed by atoms with E-state index in [2.05, 4.69) is 48.6 Å². The van der Waals surface area contributed by atoms with Gasteiger partial charge in [-0.25, -0.2) is 0 Å². The van der Waals surface area contributed by atoms with Crippen molar-refractivity contribution in [3.05, 3.63) is 59.7 Å². The molecular weight excluding hydrogens is 250 g/mol. The van der Waals surface area contributed by atoms with E-state index in [1.807, 2.05) is 12.1 Å². The molecule has 3 nitrogen and oxygen atoms in total. The first-order valence-corrected chi connectivity index (χ1v) is 6.79. The molecule has 0 unspecified atom stereocenters. The first-order chi connectivity index (χ1) is 9.78. The van der Waals surface area contributed by atoms with Gasteiger partial charge in [-0.1, -0.05) is 24.3 Å². The molecule has 0 saturated heterocycles. The Balaban J connectivity index is 1.84. The minimum absolute atomic E-state index is 0.581. The molecule has 0 aromatic heterocycles. The highest BCUT2D eigenvalue weighted by atomic mass is 16.5. The molecule has 2 aromatic rings. The lowest BCUT2D eigenvalue weighted by molar-refractivity contribution is 0.146. The van der Waals surface area contributed by atoms with Crippen LogP contribution in [0.5, 0.6) is 5.75 Å². The zero-order valence-electron chi connectivity index (χ0n) is 12.1. The lowest BCUT2D eigenvalue weighted by Gasteiger charge is -2.09. The molecule has 0 atom stereocenters. The Hall–Kier alpha value is -2.00. The predicted molar refractivity (Wildman–Crippen MR) is 82.3 cm³/mol. The number of hydrogen-bond donors (Lipinski definition) is 1. The second-order valence-corrected chi connectivity index (χ2v) is 4.71. The highest BCUT2D eigenvalue weighted by Crippen LogP contribution is 2.15. The maximum atomic E-state index is 5.53. The van der Waals surface area contributed by atoms with Gasteiger partial charge < -0.3 is 14.8 Å². The summed E-state index contributed by atoms with van der Waals surface area (Å²) in [6.07, 6.45) is 0. The van der Waals surface area contributed by atoms with Crippen LogP contribution in [-0.4, -0.2) is 20.3 Å². The van der Waals surface area contributed by atoms with Gasteiger partial charge in [0.15, 0.2) is 0 Å². The third kappa shape index (κ3) is 4.59. The summed E-state index contributed by atoms with van der Waals surface area (Å²) in [6.45, 7) is 4.09. The van der Waals surface area contributed by atoms with Crippen LogP contribution in [-0.2, 0) is 11.3 Å². The topological polar surface area (TPSA) is 30.5 Å². The van der Waals surface area contributed by atoms with Gasteiger partial charge in [0.05, 0.1) is 6.61 Å². The lowest BCUT2D eigenvalue weighted by atomic mass is 10.2. The minimum Gasteiger partial charge on any atom is -0.491 e. The highest BCUT2D eigenvalue weighted by Gasteiger charge is 1.97. The van der Waals surface area contributed by atoms with Gasteiger partial charge >= 0.3 is 0 Å². The molecule has 0 aliphatic heterocycles. The van der Waals surface area contributed by atoms with E-state index in [1.54, 1.807) is 7.11 Å². The Kier molecular flexibility index (Phi) is 5.44. The summed E-state index contributed by atoms with van der Waals surface area (Å²) in [6, 6.07) is 16.5. The van der Waals surface area contributed by atoms with Crippen molar-refractivity contribution in [1.29, 1.82) is 0 Å². The van der Waals surface area contributed by atoms with Crippen molar-refractivity contribution in [2.45, 2.75) is 13.5 Å². The average Bonchev–Trinajstić information content (AvgIpc) is 2.47. The Labute approximate surface area is 120 Å². The van der Waals surface area contributed by atoms with E-state index in [1.165, 1.54) is 11.1 Å². The smallest absolute Gasteiger partial charge is 0.119 e. The van der Waals surface area contributed by atoms with Crippen LogP contribution >= 0.6 is 0 Å². The number of methoxy groups -OCH3 is 1. The molecular formula is C17H21NO2. The third-order valence-corrected chi connectivity index (χ3v) is 2.99. The van der Waals surface area contributed by atoms with E-state index < -0.39 is 0 Å². The Morgan fingerprint density at radius 1 is 1.00 bits per heavy atom. The number of benzene rings is 2. The lowest BCUT2D eigenvalue weighted by Crippen LogP contribution is -2.04. The second kappa shape index (κ2) is 7.56. The van der Waals surface area contributed by atoms with Gasteiger partial charge in [-0.3, -0.25) is 0 Å². The first kappa shape index (κ1) is 14.4. The minimum atomic E-state index is 0.581. The normalized spacial score (nSPS) is 10.3. The van der Waals surface area contributed by atoms with Gasteiger partial charge in [0.1, 0.15) is 12.4 Å². The van der Waals surface area contributed by atoms with Gasteiger partial charge in [-0.2, -0.15) is 0 Å². The maximum absolute atomic E-state index is 5.53. The van der Waals surface area contributed by atoms with Gasteiger partial charge in [0.2, 0.25) is 0 Å². The number of anilines is 1. The summed E-state index contributed by atoms with van der Waals surface area (Å²) < 4.78 is 10.5. The van der Waals surface area contributed by atoms with Crippen LogP contribution in [0.3, 0.4) is 0 Å². The fraction of sp³-hybridized carbons (Fsp3) is 0.294. The van der Waals surface area contributed by atoms with E-state index in [0.717, 1.165) is 18.0 Å². The van der Waals surface area contributed by atoms with E-state index in [0.29, 0.717) is 13.2 Å². The molecule has 0 heterocycles. The van der Waals surface area contributed by atoms with Gasteiger partial charge in [0.25, 0.3) is 0 Å². The van der Waals surface area contributed by atoms with Crippen LogP contribution in [0.4, 0.5) is 5.69 Å². The molecule has 0 aliphatic carbocycles. The fourth-order valence-electron chi connectivity index (χ4n) is 1.91. The summed E-state index contributed by atoms with van der Waals surface area (Å²) in [5, 5.41) is 3.41. The van der Waals surface area contributed by atoms with Crippen molar-refractivity contribution in [3.63, 3.8) is 0 Å². The van der Waals surface area contributed by atoms with E-state index >= 15 is 0 Å². The van der Waals surface area contributed by atoms with Crippen LogP contribution in [0.15, 0.2) is 48.5 Å². The number of aryl methyl sites for hydroxylation is 1. The Morgan fingerprint density at radius 3 is 2.50 bits per heavy atom. The standard InChI is InChI=1S/C17H21NO2/c1-14-4-3-5-16(12-14)18-13-15-6-8-17(9-7-15)20-11-10-19-2/h3-9,12,18H,10-11,13H2,1-2H3. The second-order valence-electron chi connectivity index (χ2n) is 4.71. The largest absolute Gasteiger partial charge is 0.491 e. The number of nitrogens with one attached hydrogen (secondary N) is 1. The zero-order chi connectivity index (χ0) is 14.2. The molecule has 0 bridgehead atoms. The molecule has 0 spiro atoms. The summed E-state index contributed by atoms with van der Waals surface area (Å²) in [5.41, 5.74) is 3.63. The monoisotopic (exact) mass is 271 g/mol. The molecule has 2 aromatic carbocycles. The third-order valence-electron chi connectivity index (χ3n) is 2.99. The van der Waals surface area contributed by atoms with E-state index in [-0.39, 0.29) is 0 Å². The maximum Gasteiger partial charge on any atom is 0.119 e. The van der Waals surface area contributed by atoms with Gasteiger partial charge in [0, 0.05) is 19.3 Å². The van der Waals surface area contributed by atoms with E-state index in [4.69, 9.17) is 9.47 Å². The molecule has 0 saturated carbocycles. The summed E-state index contributed by atoms with van der Waals surface area (Å²) >= 11 is 0. The van der Waals surface area contributed by atoms with Crippen molar-refractivity contribution >= 4 is 5.69 Å². The molecule has 3 heteroatoms. The molecule has 0 aliphatic rings. The van der Waals surface area contributed by atoms with Crippen molar-refractivity contribution in [2.75, 3.05) is 25.6 Å². The molecule has 2 rings (SSSR count). The van der Waals surface area contributed by atoms with Crippen molar-refractivity contribution < 1.29 is 9.47 Å². The summed E-state index contributed by atoms with van der Waals surface area (Å²) in [4.78, 5) is 0. The van der Waals surface area contributed by atoms with Crippen molar-refractivity contribution in [1.82, 2.24) is 0 Å². The molecule has 0 radical (unpaired) electrons. The summed E-state index contributed by atoms with van der Waals surface area (Å²) in [5.74, 6) is 0.876. The number of hydrogen-bond acceptors (Lipinski definition) is 3. The molecule has 106 valence electrons. The van der Waals surface area contributed by atoms with Crippen molar-refractivity contribution in [3.8, 4) is 5.75 Å². The van der Waals surface area contributed by atoms with E-state index in [9.17, 15) is 0 Å². The van der Waals surface area contributed by atoms with Crippen LogP contribution in [0, 0.1) is 6.92 Å². The average molecular weight is 271 g/mol. The van der Waals surface area contributed by atoms with Crippen LogP contribution in [0.2, 0.25) is 0 Å². The number of ether oxygens (including phenoxy) is 2. The number of rotatable bonds is 7. The SMILES string of the molecule is COCCOc1ccc(CNc2cccc(C)c2)cc1. The summed E-state index contributed by atoms with van der Waals surface area (Å²) in [7, 11) is 1.67. The van der Waals surface area contributed by atoms with Crippen LogP contribution in [0.1, 0.15) is 11.1 Å². The Bertz CT molecular complexity index is 523. The Morgan fingerprint density at radius 2 is 1.80 bits per heavy atom. The zero-order valence-corrected chi connectivity index (χ0v) is 12.1. The van der Waals surface area contributed by atoms with Crippen LogP contribution in [0.25, 0.3) is 0 Å². The first-order valence-electron chi connectivity index (χ1n) is 6.79. The van der Waals surface area contributed by atoms with Gasteiger partial charge in [-0.05, 0) is 42.3 Å². The van der Waals surface area contributed by atoms with Crippen LogP contribution < -0.4 is 10.1 Å². The molecule has 20 heavy (non-hydrogen) atoms. The van der Waals surface area contributed by atoms with Crippen molar-refractivity contribution in [2.24, 2.45) is 0 Å². The quantitative estimate of drug-likeness (QED) is 0.780. The highest BCUT2D eigenvalue weighted by molar-refractivity contribution is 5.46.